The third-order valence-corrected chi connectivity index (χ3v) is 3.44. The number of carbonyl (C=O) groups is 2. The molecule has 1 aliphatic rings. The van der Waals surface area contributed by atoms with Gasteiger partial charge >= 0.3 is 6.09 Å². The standard InChI is InChI=1S/C16H16N2O4/c19-15(14-7-4-10-21-14)17-9-8-13-11-18(16(20)22-13)12-5-2-1-3-6-12/h1-7,10,13H,8-9,11H2,(H,17,19). The van der Waals surface area contributed by atoms with Gasteiger partial charge in [0, 0.05) is 18.7 Å². The fraction of sp³-hybridized carbons (Fsp3) is 0.250. The molecule has 1 aromatic heterocycles. The molecule has 1 fully saturated rings. The predicted molar refractivity (Wildman–Crippen MR) is 79.7 cm³/mol. The van der Waals surface area contributed by atoms with E-state index in [2.05, 4.69) is 5.32 Å². The van der Waals surface area contributed by atoms with Crippen molar-refractivity contribution in [3.8, 4) is 0 Å². The van der Waals surface area contributed by atoms with E-state index in [0.29, 0.717) is 19.5 Å². The molecule has 2 aromatic rings. The highest BCUT2D eigenvalue weighted by atomic mass is 16.6. The SMILES string of the molecule is O=C(NCCC1CN(c2ccccc2)C(=O)O1)c1ccco1. The second-order valence-corrected chi connectivity index (χ2v) is 4.97. The number of furan rings is 1. The van der Waals surface area contributed by atoms with E-state index in [4.69, 9.17) is 9.15 Å². The molecule has 2 amide bonds. The molecule has 6 nitrogen and oxygen atoms in total. The summed E-state index contributed by atoms with van der Waals surface area (Å²) in [6.45, 7) is 0.902. The largest absolute Gasteiger partial charge is 0.459 e. The van der Waals surface area contributed by atoms with Crippen molar-refractivity contribution < 1.29 is 18.7 Å². The number of hydrogen-bond donors (Lipinski definition) is 1. The van der Waals surface area contributed by atoms with Crippen molar-refractivity contribution >= 4 is 17.7 Å². The quantitative estimate of drug-likeness (QED) is 0.920. The zero-order chi connectivity index (χ0) is 15.4. The first-order valence-corrected chi connectivity index (χ1v) is 7.09. The van der Waals surface area contributed by atoms with Gasteiger partial charge in [0.25, 0.3) is 5.91 Å². The smallest absolute Gasteiger partial charge is 0.414 e. The summed E-state index contributed by atoms with van der Waals surface area (Å²) in [5.74, 6) is 0.00330. The third kappa shape index (κ3) is 3.11. The van der Waals surface area contributed by atoms with Crippen LogP contribution >= 0.6 is 0 Å². The molecule has 22 heavy (non-hydrogen) atoms. The molecule has 0 saturated carbocycles. The molecule has 1 aromatic carbocycles. The zero-order valence-corrected chi connectivity index (χ0v) is 11.9. The van der Waals surface area contributed by atoms with Gasteiger partial charge in [-0.3, -0.25) is 9.69 Å². The van der Waals surface area contributed by atoms with Crippen LogP contribution in [0.2, 0.25) is 0 Å². The van der Waals surface area contributed by atoms with Crippen LogP contribution in [0.4, 0.5) is 10.5 Å². The van der Waals surface area contributed by atoms with Crippen molar-refractivity contribution in [1.82, 2.24) is 5.32 Å². The van der Waals surface area contributed by atoms with Crippen molar-refractivity contribution in [1.29, 1.82) is 0 Å². The first kappa shape index (κ1) is 14.2. The average Bonchev–Trinajstić information content (AvgIpc) is 3.18. The van der Waals surface area contributed by atoms with Crippen LogP contribution < -0.4 is 10.2 Å². The molecule has 0 bridgehead atoms. The summed E-state index contributed by atoms with van der Waals surface area (Å²) in [6.07, 6.45) is 1.42. The molecule has 1 N–H and O–H groups in total. The summed E-state index contributed by atoms with van der Waals surface area (Å²) in [7, 11) is 0. The molecule has 6 heteroatoms. The number of carbonyl (C=O) groups excluding carboxylic acids is 2. The molecule has 2 heterocycles. The highest BCUT2D eigenvalue weighted by Crippen LogP contribution is 2.22. The van der Waals surface area contributed by atoms with Gasteiger partial charge in [0.15, 0.2) is 5.76 Å². The number of para-hydroxylation sites is 1. The highest BCUT2D eigenvalue weighted by molar-refractivity contribution is 5.91. The highest BCUT2D eigenvalue weighted by Gasteiger charge is 2.31. The second kappa shape index (κ2) is 6.34. The number of ether oxygens (including phenoxy) is 1. The lowest BCUT2D eigenvalue weighted by atomic mass is 10.2. The normalized spacial score (nSPS) is 17.4. The lowest BCUT2D eigenvalue weighted by Crippen LogP contribution is -2.28. The Morgan fingerprint density at radius 3 is 2.77 bits per heavy atom. The Hall–Kier alpha value is -2.76. The Labute approximate surface area is 127 Å². The third-order valence-electron chi connectivity index (χ3n) is 3.44. The average molecular weight is 300 g/mol. The van der Waals surface area contributed by atoms with E-state index in [9.17, 15) is 9.59 Å². The molecule has 1 atom stereocenters. The molecular formula is C16H16N2O4. The lowest BCUT2D eigenvalue weighted by Gasteiger charge is -2.12. The van der Waals surface area contributed by atoms with Crippen LogP contribution in [0.25, 0.3) is 0 Å². The topological polar surface area (TPSA) is 71.8 Å². The summed E-state index contributed by atoms with van der Waals surface area (Å²) in [5.41, 5.74) is 0.814. The van der Waals surface area contributed by atoms with Gasteiger partial charge in [0.1, 0.15) is 6.10 Å². The van der Waals surface area contributed by atoms with Gasteiger partial charge in [-0.05, 0) is 24.3 Å². The Morgan fingerprint density at radius 2 is 2.05 bits per heavy atom. The maximum atomic E-state index is 11.9. The number of nitrogens with one attached hydrogen (secondary N) is 1. The van der Waals surface area contributed by atoms with E-state index < -0.39 is 0 Å². The minimum Gasteiger partial charge on any atom is -0.459 e. The Balaban J connectivity index is 1.49. The predicted octanol–water partition coefficient (Wildman–Crippen LogP) is 2.42. The van der Waals surface area contributed by atoms with Gasteiger partial charge in [0.05, 0.1) is 12.8 Å². The molecule has 114 valence electrons. The number of benzene rings is 1. The Kier molecular flexibility index (Phi) is 4.09. The van der Waals surface area contributed by atoms with E-state index in [1.165, 1.54) is 6.26 Å². The van der Waals surface area contributed by atoms with Crippen molar-refractivity contribution in [2.24, 2.45) is 0 Å². The van der Waals surface area contributed by atoms with Crippen LogP contribution in [0.3, 0.4) is 0 Å². The van der Waals surface area contributed by atoms with Gasteiger partial charge in [0.2, 0.25) is 0 Å². The van der Waals surface area contributed by atoms with Gasteiger partial charge in [-0.1, -0.05) is 18.2 Å². The van der Waals surface area contributed by atoms with Gasteiger partial charge in [-0.25, -0.2) is 4.79 Å². The Morgan fingerprint density at radius 1 is 1.23 bits per heavy atom. The van der Waals surface area contributed by atoms with Crippen molar-refractivity contribution in [2.75, 3.05) is 18.0 Å². The van der Waals surface area contributed by atoms with E-state index in [1.807, 2.05) is 30.3 Å². The summed E-state index contributed by atoms with van der Waals surface area (Å²) in [5, 5.41) is 2.74. The first-order chi connectivity index (χ1) is 10.7. The summed E-state index contributed by atoms with van der Waals surface area (Å²) >= 11 is 0. The van der Waals surface area contributed by atoms with Gasteiger partial charge < -0.3 is 14.5 Å². The summed E-state index contributed by atoms with van der Waals surface area (Å²) in [4.78, 5) is 25.2. The lowest BCUT2D eigenvalue weighted by molar-refractivity contribution is 0.0916. The van der Waals surface area contributed by atoms with E-state index in [1.54, 1.807) is 17.0 Å². The number of amides is 2. The molecule has 3 rings (SSSR count). The minimum atomic E-state index is -0.353. The summed E-state index contributed by atoms with van der Waals surface area (Å²) in [6, 6.07) is 12.6. The van der Waals surface area contributed by atoms with Crippen LogP contribution in [-0.2, 0) is 4.74 Å². The second-order valence-electron chi connectivity index (χ2n) is 4.97. The molecular weight excluding hydrogens is 284 g/mol. The van der Waals surface area contributed by atoms with Crippen molar-refractivity contribution in [2.45, 2.75) is 12.5 Å². The number of cyclic esters (lactones) is 1. The van der Waals surface area contributed by atoms with Gasteiger partial charge in [-0.15, -0.1) is 0 Å². The van der Waals surface area contributed by atoms with E-state index >= 15 is 0 Å². The monoisotopic (exact) mass is 300 g/mol. The van der Waals surface area contributed by atoms with Crippen LogP contribution in [-0.4, -0.2) is 31.2 Å². The van der Waals surface area contributed by atoms with Crippen LogP contribution in [0.1, 0.15) is 17.0 Å². The number of hydrogen-bond acceptors (Lipinski definition) is 4. The molecule has 1 unspecified atom stereocenters. The van der Waals surface area contributed by atoms with Gasteiger partial charge in [-0.2, -0.15) is 0 Å². The molecule has 0 radical (unpaired) electrons. The Bertz CT molecular complexity index is 639. The molecule has 1 aliphatic heterocycles. The first-order valence-electron chi connectivity index (χ1n) is 7.09. The molecule has 1 saturated heterocycles. The minimum absolute atomic E-state index is 0.232. The van der Waals surface area contributed by atoms with E-state index in [-0.39, 0.29) is 23.9 Å². The van der Waals surface area contributed by atoms with E-state index in [0.717, 1.165) is 5.69 Å². The maximum Gasteiger partial charge on any atom is 0.414 e. The summed E-state index contributed by atoms with van der Waals surface area (Å²) < 4.78 is 10.3. The van der Waals surface area contributed by atoms with Crippen LogP contribution in [0.15, 0.2) is 53.1 Å². The van der Waals surface area contributed by atoms with Crippen molar-refractivity contribution in [3.63, 3.8) is 0 Å². The fourth-order valence-electron chi connectivity index (χ4n) is 2.33. The number of rotatable bonds is 5. The fourth-order valence-corrected chi connectivity index (χ4v) is 2.33. The van der Waals surface area contributed by atoms with Crippen LogP contribution in [0, 0.1) is 0 Å². The number of nitrogens with zero attached hydrogens (tertiary/aromatic N) is 1. The zero-order valence-electron chi connectivity index (χ0n) is 11.9. The maximum absolute atomic E-state index is 11.9. The number of anilines is 1. The van der Waals surface area contributed by atoms with Crippen LogP contribution in [0.5, 0.6) is 0 Å². The molecule has 0 aliphatic carbocycles. The van der Waals surface area contributed by atoms with Crippen molar-refractivity contribution in [3.05, 3.63) is 54.5 Å². The molecule has 0 spiro atoms.